The molecule has 8 nitrogen and oxygen atoms in total. The van der Waals surface area contributed by atoms with E-state index in [-0.39, 0.29) is 18.7 Å². The average Bonchev–Trinajstić information content (AvgIpc) is 2.66. The summed E-state index contributed by atoms with van der Waals surface area (Å²) < 4.78 is 23.3. The molecule has 0 bridgehead atoms. The first-order chi connectivity index (χ1) is 12.5. The summed E-state index contributed by atoms with van der Waals surface area (Å²) >= 11 is 0. The van der Waals surface area contributed by atoms with E-state index in [0.29, 0.717) is 32.1 Å². The van der Waals surface area contributed by atoms with E-state index in [9.17, 15) is 18.8 Å². The minimum atomic E-state index is -0.893. The van der Waals surface area contributed by atoms with Gasteiger partial charge in [0.05, 0.1) is 13.2 Å². The average molecular weight is 367 g/mol. The lowest BCUT2D eigenvalue weighted by molar-refractivity contribution is -0.137. The van der Waals surface area contributed by atoms with Crippen molar-refractivity contribution in [1.82, 2.24) is 15.8 Å². The van der Waals surface area contributed by atoms with Crippen molar-refractivity contribution in [2.75, 3.05) is 26.3 Å². The zero-order valence-corrected chi connectivity index (χ0v) is 14.5. The topological polar surface area (TPSA) is 97.0 Å². The van der Waals surface area contributed by atoms with Crippen LogP contribution in [0.3, 0.4) is 0 Å². The molecule has 0 aliphatic carbocycles. The normalized spacial score (nSPS) is 15.1. The first-order valence-electron chi connectivity index (χ1n) is 8.32. The van der Waals surface area contributed by atoms with Gasteiger partial charge in [-0.25, -0.2) is 4.39 Å². The van der Waals surface area contributed by atoms with Crippen LogP contribution in [0.1, 0.15) is 19.8 Å². The summed E-state index contributed by atoms with van der Waals surface area (Å²) in [5.41, 5.74) is 4.48. The van der Waals surface area contributed by atoms with Gasteiger partial charge in [0, 0.05) is 25.9 Å². The summed E-state index contributed by atoms with van der Waals surface area (Å²) in [5.74, 6) is -1.25. The molecule has 1 aromatic rings. The van der Waals surface area contributed by atoms with Crippen molar-refractivity contribution in [3.8, 4) is 5.75 Å². The second-order valence-electron chi connectivity index (χ2n) is 5.74. The van der Waals surface area contributed by atoms with Crippen LogP contribution in [0.4, 0.5) is 4.39 Å². The van der Waals surface area contributed by atoms with Crippen LogP contribution in [-0.4, -0.2) is 55.0 Å². The molecule has 9 heteroatoms. The number of hydrazine groups is 1. The van der Waals surface area contributed by atoms with Gasteiger partial charge in [0.1, 0.15) is 11.6 Å². The fraction of sp³-hybridized carbons (Fsp3) is 0.471. The van der Waals surface area contributed by atoms with Crippen LogP contribution in [0.2, 0.25) is 0 Å². The van der Waals surface area contributed by atoms with Crippen LogP contribution in [0.5, 0.6) is 5.75 Å². The van der Waals surface area contributed by atoms with Crippen LogP contribution < -0.4 is 15.6 Å². The predicted octanol–water partition coefficient (Wildman–Crippen LogP) is 0.379. The Labute approximate surface area is 150 Å². The number of hydrogen-bond donors (Lipinski definition) is 2. The molecule has 0 spiro atoms. The molecule has 1 heterocycles. The molecule has 0 saturated carbocycles. The highest BCUT2D eigenvalue weighted by atomic mass is 19.1. The minimum absolute atomic E-state index is 0.0380. The third kappa shape index (κ3) is 6.32. The van der Waals surface area contributed by atoms with Gasteiger partial charge in [0.2, 0.25) is 11.8 Å². The Balaban J connectivity index is 1.66. The molecule has 3 amide bonds. The maximum atomic E-state index is 12.8. The largest absolute Gasteiger partial charge is 0.481 e. The third-order valence-corrected chi connectivity index (χ3v) is 3.75. The summed E-state index contributed by atoms with van der Waals surface area (Å²) in [7, 11) is 0. The molecule has 0 unspecified atom stereocenters. The molecular weight excluding hydrogens is 345 g/mol. The highest BCUT2D eigenvalue weighted by Crippen LogP contribution is 2.12. The van der Waals surface area contributed by atoms with E-state index in [1.54, 1.807) is 4.90 Å². The third-order valence-electron chi connectivity index (χ3n) is 3.75. The lowest BCUT2D eigenvalue weighted by Gasteiger charge is -2.26. The lowest BCUT2D eigenvalue weighted by Crippen LogP contribution is -2.47. The Kier molecular flexibility index (Phi) is 7.34. The van der Waals surface area contributed by atoms with Crippen molar-refractivity contribution in [3.05, 3.63) is 30.1 Å². The molecule has 2 N–H and O–H groups in total. The van der Waals surface area contributed by atoms with Crippen LogP contribution in [0.25, 0.3) is 0 Å². The van der Waals surface area contributed by atoms with E-state index < -0.39 is 23.7 Å². The predicted molar refractivity (Wildman–Crippen MR) is 89.4 cm³/mol. The van der Waals surface area contributed by atoms with Gasteiger partial charge >= 0.3 is 0 Å². The van der Waals surface area contributed by atoms with Gasteiger partial charge in [-0.3, -0.25) is 25.2 Å². The second kappa shape index (κ2) is 9.71. The van der Waals surface area contributed by atoms with Crippen molar-refractivity contribution in [3.63, 3.8) is 0 Å². The molecule has 0 radical (unpaired) electrons. The number of nitrogens with one attached hydrogen (secondary N) is 2. The van der Waals surface area contributed by atoms with Gasteiger partial charge in [-0.2, -0.15) is 0 Å². The van der Waals surface area contributed by atoms with Gasteiger partial charge in [-0.15, -0.1) is 0 Å². The van der Waals surface area contributed by atoms with Crippen molar-refractivity contribution in [2.45, 2.75) is 25.9 Å². The van der Waals surface area contributed by atoms with Gasteiger partial charge < -0.3 is 14.4 Å². The van der Waals surface area contributed by atoms with E-state index >= 15 is 0 Å². The maximum Gasteiger partial charge on any atom is 0.279 e. The van der Waals surface area contributed by atoms with Gasteiger partial charge in [0.25, 0.3) is 5.91 Å². The van der Waals surface area contributed by atoms with Crippen molar-refractivity contribution in [1.29, 1.82) is 0 Å². The SMILES string of the molecule is C[C@H](Oc1ccc(F)cc1)C(=O)NNC(=O)CCC(=O)N1CCOCC1. The number of ether oxygens (including phenoxy) is 2. The zero-order chi connectivity index (χ0) is 18.9. The number of hydrogen-bond acceptors (Lipinski definition) is 5. The van der Waals surface area contributed by atoms with E-state index in [0.717, 1.165) is 0 Å². The number of nitrogens with zero attached hydrogens (tertiary/aromatic N) is 1. The van der Waals surface area contributed by atoms with E-state index in [4.69, 9.17) is 9.47 Å². The quantitative estimate of drug-likeness (QED) is 0.709. The smallest absolute Gasteiger partial charge is 0.279 e. The highest BCUT2D eigenvalue weighted by molar-refractivity contribution is 5.87. The molecule has 142 valence electrons. The molecule has 1 aliphatic rings. The molecule has 1 saturated heterocycles. The highest BCUT2D eigenvalue weighted by Gasteiger charge is 2.19. The van der Waals surface area contributed by atoms with Crippen LogP contribution in [-0.2, 0) is 19.1 Å². The Morgan fingerprint density at radius 1 is 1.15 bits per heavy atom. The second-order valence-corrected chi connectivity index (χ2v) is 5.74. The molecule has 1 fully saturated rings. The van der Waals surface area contributed by atoms with Crippen molar-refractivity contribution >= 4 is 17.7 Å². The summed E-state index contributed by atoms with van der Waals surface area (Å²) in [4.78, 5) is 37.2. The van der Waals surface area contributed by atoms with E-state index in [1.165, 1.54) is 31.2 Å². The first kappa shape index (κ1) is 19.6. The summed E-state index contributed by atoms with van der Waals surface area (Å²) in [6, 6.07) is 5.23. The fourth-order valence-corrected chi connectivity index (χ4v) is 2.26. The Morgan fingerprint density at radius 3 is 2.46 bits per heavy atom. The number of carbonyl (C=O) groups excluding carboxylic acids is 3. The number of halogens is 1. The molecule has 1 aromatic carbocycles. The molecule has 2 rings (SSSR count). The van der Waals surface area contributed by atoms with E-state index in [1.807, 2.05) is 0 Å². The van der Waals surface area contributed by atoms with E-state index in [2.05, 4.69) is 10.9 Å². The number of amides is 3. The zero-order valence-electron chi connectivity index (χ0n) is 14.5. The summed E-state index contributed by atoms with van der Waals surface area (Å²) in [6.45, 7) is 3.54. The number of benzene rings is 1. The van der Waals surface area contributed by atoms with Crippen LogP contribution in [0.15, 0.2) is 24.3 Å². The van der Waals surface area contributed by atoms with Crippen molar-refractivity contribution in [2.24, 2.45) is 0 Å². The summed E-state index contributed by atoms with van der Waals surface area (Å²) in [5, 5.41) is 0. The number of rotatable bonds is 6. The van der Waals surface area contributed by atoms with Gasteiger partial charge in [-0.05, 0) is 31.2 Å². The molecule has 0 aromatic heterocycles. The summed E-state index contributed by atoms with van der Waals surface area (Å²) in [6.07, 6.45) is -0.872. The van der Waals surface area contributed by atoms with Gasteiger partial charge in [-0.1, -0.05) is 0 Å². The van der Waals surface area contributed by atoms with Gasteiger partial charge in [0.15, 0.2) is 6.10 Å². The van der Waals surface area contributed by atoms with Crippen LogP contribution >= 0.6 is 0 Å². The fourth-order valence-electron chi connectivity index (χ4n) is 2.26. The molecule has 1 aliphatic heterocycles. The Hall–Kier alpha value is -2.68. The maximum absolute atomic E-state index is 12.8. The van der Waals surface area contributed by atoms with Crippen LogP contribution in [0, 0.1) is 5.82 Å². The standard InChI is InChI=1S/C17H22FN3O5/c1-12(26-14-4-2-13(18)3-5-14)17(24)20-19-15(22)6-7-16(23)21-8-10-25-11-9-21/h2-5,12H,6-11H2,1H3,(H,19,22)(H,20,24)/t12-/m0/s1. The monoisotopic (exact) mass is 367 g/mol. The number of carbonyl (C=O) groups is 3. The number of morpholine rings is 1. The first-order valence-corrected chi connectivity index (χ1v) is 8.32. The lowest BCUT2D eigenvalue weighted by atomic mass is 10.2. The minimum Gasteiger partial charge on any atom is -0.481 e. The molecular formula is C17H22FN3O5. The Bertz CT molecular complexity index is 632. The molecule has 1 atom stereocenters. The molecule has 26 heavy (non-hydrogen) atoms. The van der Waals surface area contributed by atoms with Crippen molar-refractivity contribution < 1.29 is 28.2 Å². The Morgan fingerprint density at radius 2 is 1.81 bits per heavy atom.